The third-order valence-electron chi connectivity index (χ3n) is 10.8. The normalized spacial score (nSPS) is 17.4. The van der Waals surface area contributed by atoms with Gasteiger partial charge in [-0.1, -0.05) is 118 Å². The summed E-state index contributed by atoms with van der Waals surface area (Å²) in [5.41, 5.74) is 2.57. The van der Waals surface area contributed by atoms with Crippen molar-refractivity contribution in [1.29, 1.82) is 0 Å². The maximum absolute atomic E-state index is 16.2. The lowest BCUT2D eigenvalue weighted by Gasteiger charge is -2.27. The third kappa shape index (κ3) is 13.3. The number of aliphatic hydroxyl groups is 1. The molecular formula is C48H58F2N4O8P+. The van der Waals surface area contributed by atoms with Gasteiger partial charge in [-0.25, -0.2) is 9.56 Å². The number of unbranched alkanes of at least 4 members (excludes halogenated alkanes) is 1. The summed E-state index contributed by atoms with van der Waals surface area (Å²) in [4.78, 5) is 44.3. The number of amides is 3. The van der Waals surface area contributed by atoms with E-state index in [1.807, 2.05) is 51.1 Å². The number of likely N-dealkylation sites (tertiary alicyclic amines) is 1. The minimum absolute atomic E-state index is 0.0300. The van der Waals surface area contributed by atoms with Crippen LogP contribution in [0.5, 0.6) is 11.5 Å². The molecule has 0 aromatic heterocycles. The molecule has 5 N–H and O–H groups in total. The zero-order valence-corrected chi connectivity index (χ0v) is 37.0. The summed E-state index contributed by atoms with van der Waals surface area (Å²) in [6.07, 6.45) is 3.36. The van der Waals surface area contributed by atoms with Crippen LogP contribution in [-0.2, 0) is 36.0 Å². The van der Waals surface area contributed by atoms with E-state index in [-0.39, 0.29) is 42.1 Å². The van der Waals surface area contributed by atoms with Gasteiger partial charge in [0, 0.05) is 31.0 Å². The molecular weight excluding hydrogens is 830 g/mol. The predicted molar refractivity (Wildman–Crippen MR) is 238 cm³/mol. The molecule has 1 heterocycles. The Labute approximate surface area is 368 Å². The highest BCUT2D eigenvalue weighted by atomic mass is 31.2. The van der Waals surface area contributed by atoms with Gasteiger partial charge in [-0.3, -0.25) is 14.4 Å². The van der Waals surface area contributed by atoms with Crippen LogP contribution >= 0.6 is 7.60 Å². The van der Waals surface area contributed by atoms with Gasteiger partial charge >= 0.3 is 19.2 Å². The highest BCUT2D eigenvalue weighted by Crippen LogP contribution is 2.65. The van der Waals surface area contributed by atoms with Crippen LogP contribution in [-0.4, -0.2) is 64.4 Å². The molecule has 0 saturated carbocycles. The number of benzene rings is 4. The molecule has 12 nitrogen and oxygen atoms in total. The summed E-state index contributed by atoms with van der Waals surface area (Å²) in [6.45, 7) is 8.07. The SMILES string of the molecule is CCCCC(NC(=O)/C=C(\C)c1ccc(C(F)(F)P(=O)(Oc2ccccc2)Oc2ccccc2)cc1)C(=O)N1C[C@@H](C)C[C@H]1C(O)=[NH+][C@@H](CCC(N)=O)[C@@H](C)OCc1ccccc1. The smallest absolute Gasteiger partial charge is 0.462 e. The number of para-hydroxylation sites is 2. The number of nitrogens with two attached hydrogens (primary N) is 1. The summed E-state index contributed by atoms with van der Waals surface area (Å²) in [5.74, 6) is -1.66. The highest BCUT2D eigenvalue weighted by molar-refractivity contribution is 7.55. The van der Waals surface area contributed by atoms with Gasteiger partial charge in [-0.15, -0.1) is 0 Å². The number of nitrogens with zero attached hydrogens (tertiary/aromatic N) is 1. The Balaban J connectivity index is 1.31. The lowest BCUT2D eigenvalue weighted by Crippen LogP contribution is -2.85. The predicted octanol–water partition coefficient (Wildman–Crippen LogP) is 7.68. The molecule has 1 aliphatic rings. The van der Waals surface area contributed by atoms with Crippen molar-refractivity contribution in [2.75, 3.05) is 6.54 Å². The molecule has 1 unspecified atom stereocenters. The first-order valence-electron chi connectivity index (χ1n) is 21.2. The topological polar surface area (TPSA) is 171 Å². The Hall–Kier alpha value is -5.85. The minimum atomic E-state index is -5.23. The number of ether oxygens (including phenoxy) is 1. The van der Waals surface area contributed by atoms with Crippen LogP contribution in [0, 0.1) is 5.92 Å². The van der Waals surface area contributed by atoms with Crippen LogP contribution in [0.4, 0.5) is 8.78 Å². The van der Waals surface area contributed by atoms with E-state index in [4.69, 9.17) is 19.5 Å². The number of nitrogens with one attached hydrogen (secondary N) is 2. The van der Waals surface area contributed by atoms with E-state index >= 15 is 8.78 Å². The molecule has 0 bridgehead atoms. The molecule has 63 heavy (non-hydrogen) atoms. The number of alkyl halides is 2. The van der Waals surface area contributed by atoms with Gasteiger partial charge in [0.1, 0.15) is 23.6 Å². The van der Waals surface area contributed by atoms with E-state index in [1.54, 1.807) is 48.2 Å². The molecule has 336 valence electrons. The van der Waals surface area contributed by atoms with E-state index in [9.17, 15) is 24.1 Å². The molecule has 4 aromatic carbocycles. The van der Waals surface area contributed by atoms with E-state index in [0.29, 0.717) is 43.6 Å². The quantitative estimate of drug-likeness (QED) is 0.0270. The molecule has 1 saturated heterocycles. The van der Waals surface area contributed by atoms with Gasteiger partial charge in [-0.05, 0) is 73.6 Å². The van der Waals surface area contributed by atoms with Crippen molar-refractivity contribution in [2.24, 2.45) is 11.7 Å². The number of carbonyl (C=O) groups excluding carboxylic acids is 3. The fourth-order valence-corrected chi connectivity index (χ4v) is 8.83. The van der Waals surface area contributed by atoms with Gasteiger partial charge in [0.2, 0.25) is 17.7 Å². The zero-order chi connectivity index (χ0) is 45.6. The number of hydrogen-bond acceptors (Lipinski definition) is 7. The van der Waals surface area contributed by atoms with E-state index < -0.39 is 54.9 Å². The monoisotopic (exact) mass is 887 g/mol. The van der Waals surface area contributed by atoms with Crippen molar-refractivity contribution in [3.63, 3.8) is 0 Å². The second-order valence-electron chi connectivity index (χ2n) is 15.9. The summed E-state index contributed by atoms with van der Waals surface area (Å²) in [7, 11) is -5.23. The van der Waals surface area contributed by atoms with Crippen molar-refractivity contribution >= 4 is 36.8 Å². The van der Waals surface area contributed by atoms with Crippen LogP contribution in [0.15, 0.2) is 121 Å². The molecule has 3 amide bonds. The van der Waals surface area contributed by atoms with Crippen molar-refractivity contribution in [3.8, 4) is 11.5 Å². The van der Waals surface area contributed by atoms with Crippen molar-refractivity contribution in [3.05, 3.63) is 138 Å². The van der Waals surface area contributed by atoms with Crippen molar-refractivity contribution in [2.45, 2.75) is 103 Å². The molecule has 0 aliphatic carbocycles. The summed E-state index contributed by atoms with van der Waals surface area (Å²) >= 11 is 0. The lowest BCUT2D eigenvalue weighted by molar-refractivity contribution is -0.528. The number of halogens is 2. The number of allylic oxidation sites excluding steroid dienone is 1. The molecule has 0 radical (unpaired) electrons. The molecule has 5 rings (SSSR count). The fourth-order valence-electron chi connectivity index (χ4n) is 7.30. The lowest BCUT2D eigenvalue weighted by atomic mass is 10.0. The van der Waals surface area contributed by atoms with E-state index in [1.165, 1.54) is 42.5 Å². The molecule has 1 fully saturated rings. The summed E-state index contributed by atoms with van der Waals surface area (Å²) in [5, 5.41) is 14.4. The standard InChI is InChI=1S/C48H57F2N4O8P/c1-5-6-22-42(47(58)54-31-33(2)29-43(54)46(57)53-41(27-28-44(51)55)35(4)60-32-36-16-10-7-11-17-36)52-45(56)30-34(3)37-23-25-38(26-24-37)48(49,50)63(59,61-39-18-12-8-13-19-39)62-40-20-14-9-15-21-40/h7-21,23-26,30,33,35,41-43H,5-6,22,27-29,31-32H2,1-4H3,(H2,51,55)(H,52,56)(H,53,57)/p+1/b34-30+/t33-,35+,41-,42?,43-/m0/s1. The molecule has 15 heteroatoms. The Bertz CT molecular complexity index is 2180. The van der Waals surface area contributed by atoms with Gasteiger partial charge in [0.15, 0.2) is 12.1 Å². The third-order valence-corrected chi connectivity index (χ3v) is 12.7. The van der Waals surface area contributed by atoms with Crippen LogP contribution in [0.1, 0.15) is 82.9 Å². The highest BCUT2D eigenvalue weighted by Gasteiger charge is 2.58. The number of primary amides is 1. The number of aliphatic hydroxyl groups excluding tert-OH is 1. The first kappa shape index (κ1) is 48.2. The fraction of sp³-hybridized carbons (Fsp3) is 0.375. The first-order chi connectivity index (χ1) is 30.1. The number of carbonyl (C=O) groups is 3. The van der Waals surface area contributed by atoms with Crippen LogP contribution in [0.3, 0.4) is 0 Å². The minimum Gasteiger partial charge on any atom is -0.462 e. The molecule has 1 aliphatic heterocycles. The Morgan fingerprint density at radius 3 is 2.06 bits per heavy atom. The van der Waals surface area contributed by atoms with E-state index in [2.05, 4.69) is 10.3 Å². The molecule has 5 atom stereocenters. The second kappa shape index (κ2) is 22.5. The van der Waals surface area contributed by atoms with Gasteiger partial charge in [0.25, 0.3) is 0 Å². The summed E-state index contributed by atoms with van der Waals surface area (Å²) in [6, 6.07) is 27.6. The van der Waals surface area contributed by atoms with Gasteiger partial charge in [-0.2, -0.15) is 8.78 Å². The maximum atomic E-state index is 16.2. The van der Waals surface area contributed by atoms with Crippen LogP contribution in [0.2, 0.25) is 0 Å². The van der Waals surface area contributed by atoms with E-state index in [0.717, 1.165) is 24.1 Å². The number of rotatable bonds is 22. The molecule has 0 spiro atoms. The summed E-state index contributed by atoms with van der Waals surface area (Å²) < 4.78 is 63.5. The van der Waals surface area contributed by atoms with Gasteiger partial charge in [0.05, 0.1) is 6.61 Å². The van der Waals surface area contributed by atoms with Crippen LogP contribution in [0.25, 0.3) is 5.57 Å². The van der Waals surface area contributed by atoms with Gasteiger partial charge < -0.3 is 34.8 Å². The van der Waals surface area contributed by atoms with Crippen molar-refractivity contribution < 1.29 is 51.6 Å². The Morgan fingerprint density at radius 2 is 1.51 bits per heavy atom. The Kier molecular flexibility index (Phi) is 17.2. The van der Waals surface area contributed by atoms with Crippen molar-refractivity contribution in [1.82, 2.24) is 10.2 Å². The Morgan fingerprint density at radius 1 is 0.937 bits per heavy atom. The van der Waals surface area contributed by atoms with Crippen LogP contribution < -0.4 is 25.1 Å². The molecule has 4 aromatic rings. The second-order valence-corrected chi connectivity index (χ2v) is 17.9. The largest absolute Gasteiger partial charge is 0.504 e. The maximum Gasteiger partial charge on any atom is 0.504 e. The average Bonchev–Trinajstić information content (AvgIpc) is 3.67. The zero-order valence-electron chi connectivity index (χ0n) is 36.1. The first-order valence-corrected chi connectivity index (χ1v) is 22.8. The average molecular weight is 888 g/mol. The number of hydrogen-bond donors (Lipinski definition) is 4.